The standard InChI is InChI=1S/C21H22Cl2O3/c1-24-21-13-19(25-14-15-5-3-2-4-6-15)12-18(26-21)10-8-16-7-9-17(22)11-20(16)23/h2-11,18-19,21H,12-14H2,1H3/b10-8+/t18-,19-,21+/m1/s1. The summed E-state index contributed by atoms with van der Waals surface area (Å²) in [7, 11) is 1.65. The molecule has 0 spiro atoms. The average molecular weight is 393 g/mol. The van der Waals surface area contributed by atoms with Gasteiger partial charge in [-0.25, -0.2) is 0 Å². The second kappa shape index (κ2) is 9.54. The fraction of sp³-hybridized carbons (Fsp3) is 0.333. The Hall–Kier alpha value is -1.36. The Bertz CT molecular complexity index is 733. The molecule has 1 aliphatic heterocycles. The number of hydrogen-bond donors (Lipinski definition) is 0. The molecule has 26 heavy (non-hydrogen) atoms. The minimum atomic E-state index is -0.278. The molecule has 3 rings (SSSR count). The Morgan fingerprint density at radius 1 is 1.12 bits per heavy atom. The van der Waals surface area contributed by atoms with E-state index in [-0.39, 0.29) is 18.5 Å². The highest BCUT2D eigenvalue weighted by atomic mass is 35.5. The maximum atomic E-state index is 6.22. The Labute approximate surface area is 164 Å². The second-order valence-electron chi connectivity index (χ2n) is 6.25. The molecular weight excluding hydrogens is 371 g/mol. The first-order chi connectivity index (χ1) is 12.6. The molecule has 1 saturated heterocycles. The molecule has 0 unspecified atom stereocenters. The van der Waals surface area contributed by atoms with Crippen molar-refractivity contribution < 1.29 is 14.2 Å². The molecule has 0 aliphatic carbocycles. The summed E-state index contributed by atoms with van der Waals surface area (Å²) in [6.07, 6.45) is 5.14. The van der Waals surface area contributed by atoms with Crippen LogP contribution in [0.15, 0.2) is 54.6 Å². The molecule has 1 heterocycles. The van der Waals surface area contributed by atoms with Crippen LogP contribution in [0, 0.1) is 0 Å². The van der Waals surface area contributed by atoms with E-state index in [1.165, 1.54) is 0 Å². The first kappa shape index (κ1) is 19.4. The summed E-state index contributed by atoms with van der Waals surface area (Å²) >= 11 is 12.2. The highest BCUT2D eigenvalue weighted by Crippen LogP contribution is 2.27. The lowest BCUT2D eigenvalue weighted by molar-refractivity contribution is -0.200. The number of rotatable bonds is 6. The molecule has 0 N–H and O–H groups in total. The molecule has 1 fully saturated rings. The third kappa shape index (κ3) is 5.57. The van der Waals surface area contributed by atoms with Crippen LogP contribution in [0.25, 0.3) is 6.08 Å². The predicted molar refractivity (Wildman–Crippen MR) is 105 cm³/mol. The zero-order valence-corrected chi connectivity index (χ0v) is 16.1. The van der Waals surface area contributed by atoms with Gasteiger partial charge in [0.15, 0.2) is 6.29 Å². The number of halogens is 2. The highest BCUT2D eigenvalue weighted by molar-refractivity contribution is 6.35. The molecule has 0 aromatic heterocycles. The Kier molecular flexibility index (Phi) is 7.12. The minimum Gasteiger partial charge on any atom is -0.373 e. The van der Waals surface area contributed by atoms with Crippen LogP contribution in [0.5, 0.6) is 0 Å². The molecule has 1 aliphatic rings. The third-order valence-electron chi connectivity index (χ3n) is 4.32. The van der Waals surface area contributed by atoms with Crippen LogP contribution in [0.4, 0.5) is 0 Å². The highest BCUT2D eigenvalue weighted by Gasteiger charge is 2.28. The van der Waals surface area contributed by atoms with E-state index in [1.54, 1.807) is 13.2 Å². The van der Waals surface area contributed by atoms with E-state index in [0.717, 1.165) is 24.0 Å². The van der Waals surface area contributed by atoms with E-state index < -0.39 is 0 Å². The van der Waals surface area contributed by atoms with E-state index in [0.29, 0.717) is 16.7 Å². The molecule has 0 bridgehead atoms. The Morgan fingerprint density at radius 2 is 1.92 bits per heavy atom. The summed E-state index contributed by atoms with van der Waals surface area (Å²) in [4.78, 5) is 0. The van der Waals surface area contributed by atoms with Crippen molar-refractivity contribution in [3.8, 4) is 0 Å². The van der Waals surface area contributed by atoms with Gasteiger partial charge in [0.05, 0.1) is 18.8 Å². The maximum Gasteiger partial charge on any atom is 0.160 e. The van der Waals surface area contributed by atoms with Gasteiger partial charge in [-0.1, -0.05) is 71.8 Å². The summed E-state index contributed by atoms with van der Waals surface area (Å²) in [5.41, 5.74) is 2.06. The lowest BCUT2D eigenvalue weighted by Gasteiger charge is -2.33. The molecule has 0 amide bonds. The number of ether oxygens (including phenoxy) is 3. The van der Waals surface area contributed by atoms with Gasteiger partial charge in [-0.05, 0) is 23.3 Å². The van der Waals surface area contributed by atoms with Crippen molar-refractivity contribution in [3.63, 3.8) is 0 Å². The van der Waals surface area contributed by atoms with E-state index in [1.807, 2.05) is 42.5 Å². The Morgan fingerprint density at radius 3 is 2.65 bits per heavy atom. The largest absolute Gasteiger partial charge is 0.373 e. The monoisotopic (exact) mass is 392 g/mol. The lowest BCUT2D eigenvalue weighted by atomic mass is 10.0. The van der Waals surface area contributed by atoms with Crippen molar-refractivity contribution in [2.75, 3.05) is 7.11 Å². The number of methoxy groups -OCH3 is 1. The molecule has 3 nitrogen and oxygen atoms in total. The lowest BCUT2D eigenvalue weighted by Crippen LogP contribution is -2.37. The van der Waals surface area contributed by atoms with Crippen LogP contribution in [0.1, 0.15) is 24.0 Å². The molecule has 3 atom stereocenters. The van der Waals surface area contributed by atoms with E-state index in [2.05, 4.69) is 12.1 Å². The molecule has 5 heteroatoms. The van der Waals surface area contributed by atoms with E-state index in [4.69, 9.17) is 37.4 Å². The molecular formula is C21H22Cl2O3. The van der Waals surface area contributed by atoms with Gasteiger partial charge in [0, 0.05) is 30.0 Å². The average Bonchev–Trinajstić information content (AvgIpc) is 2.66. The van der Waals surface area contributed by atoms with E-state index >= 15 is 0 Å². The summed E-state index contributed by atoms with van der Waals surface area (Å²) in [5.74, 6) is 0. The number of benzene rings is 2. The van der Waals surface area contributed by atoms with Gasteiger partial charge in [0.1, 0.15) is 0 Å². The topological polar surface area (TPSA) is 27.7 Å². The van der Waals surface area contributed by atoms with Crippen LogP contribution >= 0.6 is 23.2 Å². The summed E-state index contributed by atoms with van der Waals surface area (Å²) in [6, 6.07) is 15.6. The quantitative estimate of drug-likeness (QED) is 0.626. The maximum absolute atomic E-state index is 6.22. The fourth-order valence-electron chi connectivity index (χ4n) is 2.92. The van der Waals surface area contributed by atoms with Gasteiger partial charge < -0.3 is 14.2 Å². The zero-order chi connectivity index (χ0) is 18.4. The Balaban J connectivity index is 1.62. The van der Waals surface area contributed by atoms with Gasteiger partial charge >= 0.3 is 0 Å². The predicted octanol–water partition coefficient (Wildman–Crippen LogP) is 5.74. The summed E-state index contributed by atoms with van der Waals surface area (Å²) < 4.78 is 17.4. The molecule has 2 aromatic rings. The normalized spacial score (nSPS) is 23.4. The first-order valence-electron chi connectivity index (χ1n) is 8.61. The number of hydrogen-bond acceptors (Lipinski definition) is 3. The van der Waals surface area contributed by atoms with Crippen LogP contribution < -0.4 is 0 Å². The van der Waals surface area contributed by atoms with E-state index in [9.17, 15) is 0 Å². The van der Waals surface area contributed by atoms with Crippen LogP contribution in [0.3, 0.4) is 0 Å². The van der Waals surface area contributed by atoms with Crippen molar-refractivity contribution in [2.45, 2.75) is 37.9 Å². The SMILES string of the molecule is CO[C@@H]1C[C@H](OCc2ccccc2)C[C@@H](/C=C/c2ccc(Cl)cc2Cl)O1. The summed E-state index contributed by atoms with van der Waals surface area (Å²) in [6.45, 7) is 0.585. The van der Waals surface area contributed by atoms with Crippen LogP contribution in [0.2, 0.25) is 10.0 Å². The summed E-state index contributed by atoms with van der Waals surface area (Å²) in [5, 5.41) is 1.24. The smallest absolute Gasteiger partial charge is 0.160 e. The minimum absolute atomic E-state index is 0.0734. The van der Waals surface area contributed by atoms with Gasteiger partial charge in [0.2, 0.25) is 0 Å². The van der Waals surface area contributed by atoms with Crippen LogP contribution in [-0.2, 0) is 20.8 Å². The molecule has 138 valence electrons. The van der Waals surface area contributed by atoms with Gasteiger partial charge in [-0.15, -0.1) is 0 Å². The third-order valence-corrected chi connectivity index (χ3v) is 4.88. The van der Waals surface area contributed by atoms with Crippen LogP contribution in [-0.4, -0.2) is 25.6 Å². The fourth-order valence-corrected chi connectivity index (χ4v) is 3.40. The second-order valence-corrected chi connectivity index (χ2v) is 7.10. The van der Waals surface area contributed by atoms with Gasteiger partial charge in [0.25, 0.3) is 0 Å². The molecule has 0 radical (unpaired) electrons. The molecule has 2 aromatic carbocycles. The van der Waals surface area contributed by atoms with Crippen molar-refractivity contribution >= 4 is 29.3 Å². The molecule has 0 saturated carbocycles. The van der Waals surface area contributed by atoms with Crippen molar-refractivity contribution in [1.29, 1.82) is 0 Å². The van der Waals surface area contributed by atoms with Gasteiger partial charge in [-0.2, -0.15) is 0 Å². The van der Waals surface area contributed by atoms with Crippen molar-refractivity contribution in [2.24, 2.45) is 0 Å². The first-order valence-corrected chi connectivity index (χ1v) is 9.36. The zero-order valence-electron chi connectivity index (χ0n) is 14.6. The van der Waals surface area contributed by atoms with Crippen molar-refractivity contribution in [1.82, 2.24) is 0 Å². The van der Waals surface area contributed by atoms with Crippen molar-refractivity contribution in [3.05, 3.63) is 75.8 Å². The van der Waals surface area contributed by atoms with Gasteiger partial charge in [-0.3, -0.25) is 0 Å².